The Bertz CT molecular complexity index is 540. The Morgan fingerprint density at radius 3 is 2.91 bits per heavy atom. The molecule has 3 aliphatic rings. The third-order valence-electron chi connectivity index (χ3n) is 5.94. The van der Waals surface area contributed by atoms with E-state index in [4.69, 9.17) is 0 Å². The van der Waals surface area contributed by atoms with Crippen molar-refractivity contribution in [1.29, 1.82) is 0 Å². The second-order valence-corrected chi connectivity index (χ2v) is 7.44. The van der Waals surface area contributed by atoms with E-state index in [0.717, 1.165) is 31.3 Å². The number of aromatic nitrogens is 2. The van der Waals surface area contributed by atoms with Gasteiger partial charge in [-0.2, -0.15) is 5.10 Å². The number of hydrogen-bond acceptors (Lipinski definition) is 3. The Morgan fingerprint density at radius 1 is 1.30 bits per heavy atom. The molecule has 4 atom stereocenters. The molecule has 1 saturated heterocycles. The third kappa shape index (κ3) is 3.72. The van der Waals surface area contributed by atoms with E-state index in [9.17, 15) is 4.79 Å². The third-order valence-corrected chi connectivity index (χ3v) is 5.94. The number of hydrogen-bond donors (Lipinski definition) is 3. The highest BCUT2D eigenvalue weighted by Crippen LogP contribution is 2.52. The molecule has 1 aromatic rings. The van der Waals surface area contributed by atoms with Gasteiger partial charge in [0.25, 0.3) is 0 Å². The topological polar surface area (TPSA) is 69.8 Å². The summed E-state index contributed by atoms with van der Waals surface area (Å²) in [6.45, 7) is 2.16. The van der Waals surface area contributed by atoms with Gasteiger partial charge in [0, 0.05) is 24.1 Å². The predicted octanol–water partition coefficient (Wildman–Crippen LogP) is 3.06. The maximum atomic E-state index is 12.0. The fourth-order valence-corrected chi connectivity index (χ4v) is 4.72. The van der Waals surface area contributed by atoms with Crippen molar-refractivity contribution in [3.05, 3.63) is 11.8 Å². The lowest BCUT2D eigenvalue weighted by Crippen LogP contribution is -2.15. The van der Waals surface area contributed by atoms with E-state index in [1.165, 1.54) is 37.8 Å². The zero-order valence-corrected chi connectivity index (χ0v) is 14.3. The summed E-state index contributed by atoms with van der Waals surface area (Å²) in [4.78, 5) is 12.0. The van der Waals surface area contributed by atoms with Crippen LogP contribution in [0.1, 0.15) is 56.6 Å². The highest BCUT2D eigenvalue weighted by Gasteiger charge is 2.40. The van der Waals surface area contributed by atoms with Crippen LogP contribution < -0.4 is 10.6 Å². The van der Waals surface area contributed by atoms with Gasteiger partial charge >= 0.3 is 0 Å². The molecule has 4 rings (SSSR count). The van der Waals surface area contributed by atoms with Crippen LogP contribution in [0.2, 0.25) is 0 Å². The van der Waals surface area contributed by atoms with Crippen LogP contribution in [0.4, 0.5) is 5.82 Å². The van der Waals surface area contributed by atoms with Crippen molar-refractivity contribution >= 4 is 24.1 Å². The minimum atomic E-state index is 0. The molecule has 23 heavy (non-hydrogen) atoms. The Morgan fingerprint density at radius 2 is 2.22 bits per heavy atom. The Labute approximate surface area is 143 Å². The molecule has 2 heterocycles. The minimum absolute atomic E-state index is 0. The van der Waals surface area contributed by atoms with Crippen molar-refractivity contribution in [3.63, 3.8) is 0 Å². The number of nitrogens with one attached hydrogen (secondary N) is 3. The van der Waals surface area contributed by atoms with Gasteiger partial charge in [-0.05, 0) is 62.9 Å². The standard InChI is InChI=1S/C17H26N4O.ClH/c22-17(4-2-11-5-6-18-10-11)19-16-9-15(20-21-16)14-8-12-1-3-13(14)7-12;/h9,11-14,18H,1-8,10H2,(H2,19,20,21,22);1H. The predicted molar refractivity (Wildman–Crippen MR) is 92.9 cm³/mol. The van der Waals surface area contributed by atoms with Crippen molar-refractivity contribution in [3.8, 4) is 0 Å². The summed E-state index contributed by atoms with van der Waals surface area (Å²) >= 11 is 0. The molecule has 4 unspecified atom stereocenters. The second-order valence-electron chi connectivity index (χ2n) is 7.44. The fraction of sp³-hybridized carbons (Fsp3) is 0.765. The van der Waals surface area contributed by atoms with Gasteiger partial charge in [0.15, 0.2) is 5.82 Å². The number of rotatable bonds is 5. The SMILES string of the molecule is Cl.O=C(CCC1CCNC1)Nc1cc(C2CC3CCC2C3)[nH]n1. The number of nitrogens with zero attached hydrogens (tertiary/aromatic N) is 1. The number of carbonyl (C=O) groups is 1. The first-order valence-electron chi connectivity index (χ1n) is 8.84. The van der Waals surface area contributed by atoms with Crippen LogP contribution in [0.3, 0.4) is 0 Å². The Balaban J connectivity index is 0.00000156. The number of aromatic amines is 1. The van der Waals surface area contributed by atoms with Crippen LogP contribution in [0.25, 0.3) is 0 Å². The molecule has 0 spiro atoms. The lowest BCUT2D eigenvalue weighted by Gasteiger charge is -2.19. The second kappa shape index (κ2) is 7.22. The zero-order valence-electron chi connectivity index (χ0n) is 13.5. The van der Waals surface area contributed by atoms with Gasteiger partial charge < -0.3 is 10.6 Å². The molecule has 128 valence electrons. The van der Waals surface area contributed by atoms with Crippen LogP contribution in [-0.2, 0) is 4.79 Å². The smallest absolute Gasteiger partial charge is 0.225 e. The number of anilines is 1. The van der Waals surface area contributed by atoms with Crippen LogP contribution in [0.15, 0.2) is 6.07 Å². The summed E-state index contributed by atoms with van der Waals surface area (Å²) in [5.41, 5.74) is 1.22. The maximum Gasteiger partial charge on any atom is 0.225 e. The molecule has 3 N–H and O–H groups in total. The van der Waals surface area contributed by atoms with E-state index >= 15 is 0 Å². The normalized spacial score (nSPS) is 32.0. The number of fused-ring (bicyclic) bond motifs is 2. The molecule has 1 aromatic heterocycles. The zero-order chi connectivity index (χ0) is 14.9. The van der Waals surface area contributed by atoms with Gasteiger partial charge in [-0.15, -0.1) is 12.4 Å². The van der Waals surface area contributed by atoms with Gasteiger partial charge in [0.2, 0.25) is 5.91 Å². The van der Waals surface area contributed by atoms with Crippen molar-refractivity contribution in [1.82, 2.24) is 15.5 Å². The number of halogens is 1. The van der Waals surface area contributed by atoms with E-state index in [1.54, 1.807) is 0 Å². The lowest BCUT2D eigenvalue weighted by molar-refractivity contribution is -0.116. The van der Waals surface area contributed by atoms with Crippen molar-refractivity contribution in [2.75, 3.05) is 18.4 Å². The quantitative estimate of drug-likeness (QED) is 0.772. The summed E-state index contributed by atoms with van der Waals surface area (Å²) in [5.74, 6) is 3.86. The number of amides is 1. The first-order chi connectivity index (χ1) is 10.8. The Kier molecular flexibility index (Phi) is 5.27. The lowest BCUT2D eigenvalue weighted by atomic mass is 9.86. The van der Waals surface area contributed by atoms with E-state index in [0.29, 0.717) is 24.1 Å². The molecular formula is C17H27ClN4O. The summed E-state index contributed by atoms with van der Waals surface area (Å²) in [7, 11) is 0. The number of carbonyl (C=O) groups excluding carboxylic acids is 1. The molecule has 6 heteroatoms. The maximum absolute atomic E-state index is 12.0. The van der Waals surface area contributed by atoms with E-state index in [-0.39, 0.29) is 18.3 Å². The van der Waals surface area contributed by atoms with Crippen molar-refractivity contribution in [2.45, 2.75) is 50.9 Å². The molecule has 1 amide bonds. The van der Waals surface area contributed by atoms with Crippen LogP contribution in [-0.4, -0.2) is 29.2 Å². The van der Waals surface area contributed by atoms with Gasteiger partial charge in [-0.1, -0.05) is 6.42 Å². The van der Waals surface area contributed by atoms with E-state index < -0.39 is 0 Å². The molecule has 2 saturated carbocycles. The molecule has 2 bridgehead atoms. The highest BCUT2D eigenvalue weighted by atomic mass is 35.5. The molecule has 2 aliphatic carbocycles. The van der Waals surface area contributed by atoms with E-state index in [2.05, 4.69) is 26.9 Å². The average Bonchev–Trinajstić information content (AvgIpc) is 3.28. The molecule has 1 aliphatic heterocycles. The van der Waals surface area contributed by atoms with Crippen LogP contribution >= 0.6 is 12.4 Å². The van der Waals surface area contributed by atoms with Crippen molar-refractivity contribution in [2.24, 2.45) is 17.8 Å². The van der Waals surface area contributed by atoms with Crippen LogP contribution in [0, 0.1) is 17.8 Å². The van der Waals surface area contributed by atoms with Gasteiger partial charge in [0.1, 0.15) is 0 Å². The monoisotopic (exact) mass is 338 g/mol. The molecular weight excluding hydrogens is 312 g/mol. The first-order valence-corrected chi connectivity index (χ1v) is 8.84. The molecule has 5 nitrogen and oxygen atoms in total. The van der Waals surface area contributed by atoms with Crippen LogP contribution in [0.5, 0.6) is 0 Å². The largest absolute Gasteiger partial charge is 0.316 e. The molecule has 3 fully saturated rings. The molecule has 0 radical (unpaired) electrons. The first kappa shape index (κ1) is 16.8. The Hall–Kier alpha value is -1.07. The van der Waals surface area contributed by atoms with Gasteiger partial charge in [0.05, 0.1) is 0 Å². The van der Waals surface area contributed by atoms with Gasteiger partial charge in [-0.25, -0.2) is 0 Å². The summed E-state index contributed by atoms with van der Waals surface area (Å²) in [6, 6.07) is 2.06. The highest BCUT2D eigenvalue weighted by molar-refractivity contribution is 5.89. The van der Waals surface area contributed by atoms with Crippen molar-refractivity contribution < 1.29 is 4.79 Å². The average molecular weight is 339 g/mol. The summed E-state index contributed by atoms with van der Waals surface area (Å²) in [6.07, 6.45) is 8.24. The minimum Gasteiger partial charge on any atom is -0.316 e. The summed E-state index contributed by atoms with van der Waals surface area (Å²) < 4.78 is 0. The molecule has 0 aromatic carbocycles. The van der Waals surface area contributed by atoms with E-state index in [1.807, 2.05) is 0 Å². The summed E-state index contributed by atoms with van der Waals surface area (Å²) in [5, 5.41) is 13.8. The van der Waals surface area contributed by atoms with Gasteiger partial charge in [-0.3, -0.25) is 9.89 Å². The number of H-pyrrole nitrogens is 1. The fourth-order valence-electron chi connectivity index (χ4n) is 4.72.